The van der Waals surface area contributed by atoms with Gasteiger partial charge in [0.05, 0.1) is 6.42 Å². The van der Waals surface area contributed by atoms with E-state index in [9.17, 15) is 14.4 Å². The van der Waals surface area contributed by atoms with Crippen molar-refractivity contribution < 1.29 is 19.5 Å². The van der Waals surface area contributed by atoms with Gasteiger partial charge in [-0.15, -0.1) is 0 Å². The van der Waals surface area contributed by atoms with E-state index in [0.29, 0.717) is 19.6 Å². The lowest BCUT2D eigenvalue weighted by molar-refractivity contribution is -0.150. The van der Waals surface area contributed by atoms with Crippen LogP contribution in [0.5, 0.6) is 0 Å². The molecule has 1 saturated heterocycles. The molecule has 2 unspecified atom stereocenters. The zero-order valence-electron chi connectivity index (χ0n) is 10.6. The minimum Gasteiger partial charge on any atom is -0.481 e. The Hall–Kier alpha value is -1.63. The van der Waals surface area contributed by atoms with Gasteiger partial charge in [0.15, 0.2) is 0 Å². The van der Waals surface area contributed by atoms with Crippen LogP contribution in [0.3, 0.4) is 0 Å². The van der Waals surface area contributed by atoms with Gasteiger partial charge in [0.2, 0.25) is 11.8 Å². The van der Waals surface area contributed by atoms with E-state index in [4.69, 9.17) is 5.11 Å². The van der Waals surface area contributed by atoms with Gasteiger partial charge in [0.1, 0.15) is 6.04 Å². The zero-order valence-corrected chi connectivity index (χ0v) is 10.6. The molecule has 0 aromatic carbocycles. The van der Waals surface area contributed by atoms with Crippen molar-refractivity contribution >= 4 is 17.8 Å². The number of carboxylic acid groups (broad SMARTS) is 1. The summed E-state index contributed by atoms with van der Waals surface area (Å²) in [6.45, 7) is 2.98. The molecule has 0 aromatic heterocycles. The van der Waals surface area contributed by atoms with E-state index in [1.165, 1.54) is 4.90 Å². The smallest absolute Gasteiger partial charge is 0.305 e. The topological polar surface area (TPSA) is 98.7 Å². The van der Waals surface area contributed by atoms with Gasteiger partial charge < -0.3 is 20.6 Å². The zero-order chi connectivity index (χ0) is 13.7. The summed E-state index contributed by atoms with van der Waals surface area (Å²) in [6, 6.07) is -0.900. The molecule has 3 N–H and O–H groups in total. The van der Waals surface area contributed by atoms with Crippen molar-refractivity contribution in [2.75, 3.05) is 26.7 Å². The Bertz CT molecular complexity index is 345. The monoisotopic (exact) mass is 257 g/mol. The van der Waals surface area contributed by atoms with E-state index < -0.39 is 17.9 Å². The van der Waals surface area contributed by atoms with E-state index >= 15 is 0 Å². The molecule has 7 heteroatoms. The third-order valence-corrected chi connectivity index (χ3v) is 2.91. The number of aliphatic carboxylic acids is 1. The fraction of sp³-hybridized carbons (Fsp3) is 0.727. The standard InChI is InChI=1S/C11H19N3O4/c1-7(6-12-2)11(18)14-4-3-13-10(17)8(14)5-9(15)16/h7-8,12H,3-6H2,1-2H3,(H,13,17)(H,15,16). The minimum atomic E-state index is -1.09. The lowest BCUT2D eigenvalue weighted by Crippen LogP contribution is -2.59. The Balaban J connectivity index is 2.78. The highest BCUT2D eigenvalue weighted by atomic mass is 16.4. The van der Waals surface area contributed by atoms with Crippen LogP contribution in [-0.4, -0.2) is 60.5 Å². The van der Waals surface area contributed by atoms with Gasteiger partial charge in [0.25, 0.3) is 0 Å². The number of nitrogens with one attached hydrogen (secondary N) is 2. The van der Waals surface area contributed by atoms with Crippen molar-refractivity contribution in [3.8, 4) is 0 Å². The number of amides is 2. The average Bonchev–Trinajstić information content (AvgIpc) is 2.30. The first-order chi connectivity index (χ1) is 8.47. The van der Waals surface area contributed by atoms with Crippen LogP contribution < -0.4 is 10.6 Å². The number of piperazine rings is 1. The Morgan fingerprint density at radius 1 is 1.61 bits per heavy atom. The number of carbonyl (C=O) groups excluding carboxylic acids is 2. The first kappa shape index (κ1) is 14.4. The Labute approximate surface area is 106 Å². The number of hydrogen-bond donors (Lipinski definition) is 3. The van der Waals surface area contributed by atoms with Crippen molar-refractivity contribution in [2.45, 2.75) is 19.4 Å². The Morgan fingerprint density at radius 3 is 2.83 bits per heavy atom. The van der Waals surface area contributed by atoms with E-state index in [-0.39, 0.29) is 18.2 Å². The van der Waals surface area contributed by atoms with Crippen LogP contribution in [0.15, 0.2) is 0 Å². The van der Waals surface area contributed by atoms with Crippen molar-refractivity contribution in [1.82, 2.24) is 15.5 Å². The molecule has 2 amide bonds. The maximum atomic E-state index is 12.1. The van der Waals surface area contributed by atoms with E-state index in [1.54, 1.807) is 14.0 Å². The summed E-state index contributed by atoms with van der Waals surface area (Å²) < 4.78 is 0. The fourth-order valence-corrected chi connectivity index (χ4v) is 2.02. The summed E-state index contributed by atoms with van der Waals surface area (Å²) in [4.78, 5) is 35.9. The highest BCUT2D eigenvalue weighted by Gasteiger charge is 2.36. The van der Waals surface area contributed by atoms with Crippen LogP contribution in [0.1, 0.15) is 13.3 Å². The molecule has 7 nitrogen and oxygen atoms in total. The van der Waals surface area contributed by atoms with Gasteiger partial charge in [-0.25, -0.2) is 0 Å². The molecule has 1 aliphatic rings. The third-order valence-electron chi connectivity index (χ3n) is 2.91. The molecular weight excluding hydrogens is 238 g/mol. The first-order valence-corrected chi connectivity index (χ1v) is 5.92. The molecule has 0 aromatic rings. The van der Waals surface area contributed by atoms with E-state index in [1.807, 2.05) is 0 Å². The van der Waals surface area contributed by atoms with Crippen molar-refractivity contribution in [2.24, 2.45) is 5.92 Å². The highest BCUT2D eigenvalue weighted by Crippen LogP contribution is 2.13. The highest BCUT2D eigenvalue weighted by molar-refractivity contribution is 5.92. The van der Waals surface area contributed by atoms with Crippen molar-refractivity contribution in [3.05, 3.63) is 0 Å². The molecule has 0 spiro atoms. The molecule has 1 rings (SSSR count). The van der Waals surface area contributed by atoms with Crippen molar-refractivity contribution in [3.63, 3.8) is 0 Å². The van der Waals surface area contributed by atoms with E-state index in [0.717, 1.165) is 0 Å². The molecule has 1 aliphatic heterocycles. The third kappa shape index (κ3) is 3.43. The summed E-state index contributed by atoms with van der Waals surface area (Å²) in [7, 11) is 1.74. The molecule has 102 valence electrons. The molecule has 0 radical (unpaired) electrons. The molecule has 1 fully saturated rings. The second-order valence-corrected chi connectivity index (χ2v) is 4.40. The van der Waals surface area contributed by atoms with Crippen LogP contribution in [0.4, 0.5) is 0 Å². The predicted octanol–water partition coefficient (Wildman–Crippen LogP) is -1.36. The maximum absolute atomic E-state index is 12.1. The number of hydrogen-bond acceptors (Lipinski definition) is 4. The largest absolute Gasteiger partial charge is 0.481 e. The quantitative estimate of drug-likeness (QED) is 0.565. The second-order valence-electron chi connectivity index (χ2n) is 4.40. The first-order valence-electron chi connectivity index (χ1n) is 5.92. The van der Waals surface area contributed by atoms with Crippen LogP contribution in [-0.2, 0) is 14.4 Å². The fourth-order valence-electron chi connectivity index (χ4n) is 2.02. The molecule has 18 heavy (non-hydrogen) atoms. The number of carboxylic acids is 1. The average molecular weight is 257 g/mol. The lowest BCUT2D eigenvalue weighted by atomic mass is 10.0. The normalized spacial score (nSPS) is 21.3. The SMILES string of the molecule is CNCC(C)C(=O)N1CCNC(=O)C1CC(=O)O. The Kier molecular flexibility index (Phi) is 5.08. The summed E-state index contributed by atoms with van der Waals surface area (Å²) in [5.41, 5.74) is 0. The number of carbonyl (C=O) groups is 3. The summed E-state index contributed by atoms with van der Waals surface area (Å²) >= 11 is 0. The van der Waals surface area contributed by atoms with Crippen molar-refractivity contribution in [1.29, 1.82) is 0 Å². The molecule has 2 atom stereocenters. The lowest BCUT2D eigenvalue weighted by Gasteiger charge is -2.35. The number of rotatable bonds is 5. The van der Waals surface area contributed by atoms with Crippen LogP contribution in [0.2, 0.25) is 0 Å². The second kappa shape index (κ2) is 6.34. The predicted molar refractivity (Wildman–Crippen MR) is 63.9 cm³/mol. The maximum Gasteiger partial charge on any atom is 0.305 e. The number of nitrogens with zero attached hydrogens (tertiary/aromatic N) is 1. The van der Waals surface area contributed by atoms with Gasteiger partial charge in [0, 0.05) is 25.6 Å². The van der Waals surface area contributed by atoms with Gasteiger partial charge in [-0.05, 0) is 7.05 Å². The molecule has 1 heterocycles. The van der Waals surface area contributed by atoms with Gasteiger partial charge >= 0.3 is 5.97 Å². The van der Waals surface area contributed by atoms with Crippen LogP contribution in [0.25, 0.3) is 0 Å². The summed E-state index contributed by atoms with van der Waals surface area (Å²) in [6.07, 6.45) is -0.357. The minimum absolute atomic E-state index is 0.189. The summed E-state index contributed by atoms with van der Waals surface area (Å²) in [5, 5.41) is 14.3. The molecule has 0 aliphatic carbocycles. The molecule has 0 saturated carbocycles. The van der Waals surface area contributed by atoms with Crippen LogP contribution >= 0.6 is 0 Å². The van der Waals surface area contributed by atoms with Gasteiger partial charge in [-0.1, -0.05) is 6.92 Å². The van der Waals surface area contributed by atoms with E-state index in [2.05, 4.69) is 10.6 Å². The van der Waals surface area contributed by atoms with Gasteiger partial charge in [-0.2, -0.15) is 0 Å². The molecular formula is C11H19N3O4. The van der Waals surface area contributed by atoms with Gasteiger partial charge in [-0.3, -0.25) is 14.4 Å². The Morgan fingerprint density at radius 2 is 2.28 bits per heavy atom. The van der Waals surface area contributed by atoms with Crippen LogP contribution in [0, 0.1) is 5.92 Å². The molecule has 0 bridgehead atoms. The summed E-state index contributed by atoms with van der Waals surface area (Å²) in [5.74, 6) is -1.95.